The van der Waals surface area contributed by atoms with Gasteiger partial charge in [-0.2, -0.15) is 0 Å². The number of aromatic nitrogens is 2. The summed E-state index contributed by atoms with van der Waals surface area (Å²) in [5, 5.41) is 1.51. The quantitative estimate of drug-likeness (QED) is 0.607. The van der Waals surface area contributed by atoms with Crippen molar-refractivity contribution in [2.24, 2.45) is 7.05 Å². The number of fused-ring (bicyclic) bond motifs is 1. The molecule has 4 rings (SSSR count). The molecule has 1 aliphatic heterocycles. The number of benzene rings is 1. The number of carbonyl (C=O) groups is 1. The third-order valence-electron chi connectivity index (χ3n) is 5.05. The molecule has 1 saturated heterocycles. The van der Waals surface area contributed by atoms with Crippen LogP contribution in [0.15, 0.2) is 29.3 Å². The zero-order valence-corrected chi connectivity index (χ0v) is 17.2. The number of thiophene rings is 1. The van der Waals surface area contributed by atoms with Gasteiger partial charge in [0.05, 0.1) is 32.7 Å². The van der Waals surface area contributed by atoms with Crippen molar-refractivity contribution in [2.45, 2.75) is 25.8 Å². The third kappa shape index (κ3) is 3.06. The fourth-order valence-electron chi connectivity index (χ4n) is 3.62. The standard InChI is InChI=1S/C19H17Cl2N3O2S/c1-10-15-17(22-9-23(2)18(15)25)27-16(10)19(26)24-7-3-4-14(24)11-5-6-12(20)13(21)8-11/h5-6,8-9,14H,3-4,7H2,1-2H3. The van der Waals surface area contributed by atoms with Gasteiger partial charge in [-0.25, -0.2) is 4.98 Å². The average molecular weight is 422 g/mol. The molecule has 1 amide bonds. The number of amides is 1. The van der Waals surface area contributed by atoms with Gasteiger partial charge in [-0.1, -0.05) is 29.3 Å². The summed E-state index contributed by atoms with van der Waals surface area (Å²) in [6, 6.07) is 5.46. The van der Waals surface area contributed by atoms with Gasteiger partial charge in [-0.3, -0.25) is 9.59 Å². The highest BCUT2D eigenvalue weighted by molar-refractivity contribution is 7.20. The first kappa shape index (κ1) is 18.5. The van der Waals surface area contributed by atoms with Crippen LogP contribution in [0.25, 0.3) is 10.2 Å². The number of hydrogen-bond acceptors (Lipinski definition) is 4. The molecule has 1 atom stereocenters. The lowest BCUT2D eigenvalue weighted by molar-refractivity contribution is 0.0740. The maximum atomic E-state index is 13.3. The largest absolute Gasteiger partial charge is 0.331 e. The zero-order chi connectivity index (χ0) is 19.3. The molecule has 1 unspecified atom stereocenters. The molecule has 0 saturated carbocycles. The Kier molecular flexibility index (Phi) is 4.74. The van der Waals surface area contributed by atoms with E-state index in [4.69, 9.17) is 23.2 Å². The summed E-state index contributed by atoms with van der Waals surface area (Å²) < 4.78 is 1.44. The van der Waals surface area contributed by atoms with Gasteiger partial charge < -0.3 is 9.47 Å². The van der Waals surface area contributed by atoms with E-state index in [9.17, 15) is 9.59 Å². The molecule has 5 nitrogen and oxygen atoms in total. The van der Waals surface area contributed by atoms with E-state index in [-0.39, 0.29) is 17.5 Å². The van der Waals surface area contributed by atoms with Crippen molar-refractivity contribution in [3.8, 4) is 0 Å². The summed E-state index contributed by atoms with van der Waals surface area (Å²) in [6.45, 7) is 2.49. The summed E-state index contributed by atoms with van der Waals surface area (Å²) in [4.78, 5) is 33.1. The van der Waals surface area contributed by atoms with Crippen LogP contribution in [0.4, 0.5) is 0 Å². The van der Waals surface area contributed by atoms with Gasteiger partial charge in [0.2, 0.25) is 0 Å². The highest BCUT2D eigenvalue weighted by atomic mass is 35.5. The monoisotopic (exact) mass is 421 g/mol. The number of nitrogens with zero attached hydrogens (tertiary/aromatic N) is 3. The van der Waals surface area contributed by atoms with Crippen LogP contribution in [0.2, 0.25) is 10.0 Å². The van der Waals surface area contributed by atoms with Crippen LogP contribution >= 0.6 is 34.5 Å². The predicted molar refractivity (Wildman–Crippen MR) is 109 cm³/mol. The average Bonchev–Trinajstić information content (AvgIpc) is 3.25. The minimum atomic E-state index is -0.129. The Morgan fingerprint density at radius 1 is 1.30 bits per heavy atom. The van der Waals surface area contributed by atoms with Crippen molar-refractivity contribution in [1.29, 1.82) is 0 Å². The summed E-state index contributed by atoms with van der Waals surface area (Å²) in [6.07, 6.45) is 3.28. The van der Waals surface area contributed by atoms with Crippen molar-refractivity contribution < 1.29 is 4.79 Å². The summed E-state index contributed by atoms with van der Waals surface area (Å²) in [5.41, 5.74) is 1.55. The second kappa shape index (κ2) is 6.93. The first-order valence-corrected chi connectivity index (χ1v) is 10.2. The normalized spacial score (nSPS) is 17.0. The Balaban J connectivity index is 1.74. The molecule has 27 heavy (non-hydrogen) atoms. The molecule has 0 radical (unpaired) electrons. The first-order valence-electron chi connectivity index (χ1n) is 8.59. The van der Waals surface area contributed by atoms with E-state index in [1.54, 1.807) is 13.1 Å². The van der Waals surface area contributed by atoms with Gasteiger partial charge in [0.1, 0.15) is 4.83 Å². The lowest BCUT2D eigenvalue weighted by Gasteiger charge is -2.25. The number of rotatable bonds is 2. The van der Waals surface area contributed by atoms with Gasteiger partial charge in [-0.05, 0) is 43.0 Å². The Morgan fingerprint density at radius 2 is 2.07 bits per heavy atom. The number of likely N-dealkylation sites (tertiary alicyclic amines) is 1. The van der Waals surface area contributed by atoms with Crippen LogP contribution in [0, 0.1) is 6.92 Å². The lowest BCUT2D eigenvalue weighted by atomic mass is 10.0. The highest BCUT2D eigenvalue weighted by Crippen LogP contribution is 2.37. The minimum Gasteiger partial charge on any atom is -0.331 e. The SMILES string of the molecule is Cc1c(C(=O)N2CCCC2c2ccc(Cl)c(Cl)c2)sc2ncn(C)c(=O)c12. The maximum Gasteiger partial charge on any atom is 0.264 e. The molecule has 1 aromatic carbocycles. The molecule has 2 aromatic heterocycles. The van der Waals surface area contributed by atoms with Gasteiger partial charge in [0.25, 0.3) is 11.5 Å². The molecular formula is C19H17Cl2N3O2S. The van der Waals surface area contributed by atoms with Gasteiger partial charge in [0.15, 0.2) is 0 Å². The Morgan fingerprint density at radius 3 is 2.81 bits per heavy atom. The molecule has 140 valence electrons. The lowest BCUT2D eigenvalue weighted by Crippen LogP contribution is -2.30. The van der Waals surface area contributed by atoms with Crippen molar-refractivity contribution in [3.63, 3.8) is 0 Å². The van der Waals surface area contributed by atoms with Crippen LogP contribution in [0.1, 0.15) is 39.7 Å². The number of carbonyl (C=O) groups excluding carboxylic acids is 1. The van der Waals surface area contributed by atoms with E-state index < -0.39 is 0 Å². The van der Waals surface area contributed by atoms with E-state index in [2.05, 4.69) is 4.98 Å². The molecule has 8 heteroatoms. The minimum absolute atomic E-state index is 0.0485. The predicted octanol–water partition coefficient (Wildman–Crippen LogP) is 4.59. The van der Waals surface area contributed by atoms with E-state index >= 15 is 0 Å². The molecule has 1 fully saturated rings. The van der Waals surface area contributed by atoms with Crippen molar-refractivity contribution in [2.75, 3.05) is 6.54 Å². The summed E-state index contributed by atoms with van der Waals surface area (Å²) in [5.74, 6) is -0.0638. The fourth-order valence-corrected chi connectivity index (χ4v) is 5.02. The molecule has 0 spiro atoms. The molecule has 1 aliphatic rings. The first-order chi connectivity index (χ1) is 12.9. The molecule has 3 aromatic rings. The van der Waals surface area contributed by atoms with Crippen molar-refractivity contribution in [3.05, 3.63) is 60.9 Å². The fraction of sp³-hybridized carbons (Fsp3) is 0.316. The Hall–Kier alpha value is -1.89. The Labute approximate surface area is 170 Å². The van der Waals surface area contributed by atoms with E-state index in [1.807, 2.05) is 24.0 Å². The molecule has 0 aliphatic carbocycles. The second-order valence-corrected chi connectivity index (χ2v) is 8.54. The van der Waals surface area contributed by atoms with Crippen molar-refractivity contribution >= 4 is 50.7 Å². The van der Waals surface area contributed by atoms with Crippen LogP contribution in [-0.4, -0.2) is 26.9 Å². The third-order valence-corrected chi connectivity index (χ3v) is 6.97. The second-order valence-electron chi connectivity index (χ2n) is 6.73. The highest BCUT2D eigenvalue weighted by Gasteiger charge is 2.33. The van der Waals surface area contributed by atoms with E-state index in [1.165, 1.54) is 22.2 Å². The van der Waals surface area contributed by atoms with Crippen LogP contribution in [-0.2, 0) is 7.05 Å². The molecule has 3 heterocycles. The summed E-state index contributed by atoms with van der Waals surface area (Å²) in [7, 11) is 1.66. The molecule has 0 N–H and O–H groups in total. The zero-order valence-electron chi connectivity index (χ0n) is 14.8. The number of aryl methyl sites for hydroxylation is 2. The van der Waals surface area contributed by atoms with Crippen LogP contribution in [0.5, 0.6) is 0 Å². The molecular weight excluding hydrogens is 405 g/mol. The van der Waals surface area contributed by atoms with E-state index in [0.29, 0.717) is 37.2 Å². The van der Waals surface area contributed by atoms with Gasteiger partial charge in [0, 0.05) is 13.6 Å². The number of hydrogen-bond donors (Lipinski definition) is 0. The van der Waals surface area contributed by atoms with Crippen LogP contribution < -0.4 is 5.56 Å². The van der Waals surface area contributed by atoms with Gasteiger partial charge >= 0.3 is 0 Å². The topological polar surface area (TPSA) is 55.2 Å². The van der Waals surface area contributed by atoms with Crippen LogP contribution in [0.3, 0.4) is 0 Å². The van der Waals surface area contributed by atoms with E-state index in [0.717, 1.165) is 18.4 Å². The number of halogens is 2. The van der Waals surface area contributed by atoms with Crippen molar-refractivity contribution in [1.82, 2.24) is 14.5 Å². The smallest absolute Gasteiger partial charge is 0.264 e. The molecule has 0 bridgehead atoms. The maximum absolute atomic E-state index is 13.3. The summed E-state index contributed by atoms with van der Waals surface area (Å²) >= 11 is 13.5. The Bertz CT molecular complexity index is 1120. The van der Waals surface area contributed by atoms with Gasteiger partial charge in [-0.15, -0.1) is 11.3 Å².